The van der Waals surface area contributed by atoms with Crippen molar-refractivity contribution >= 4 is 11.8 Å². The smallest absolute Gasteiger partial charge is 0.374 e. The van der Waals surface area contributed by atoms with Gasteiger partial charge in [0.25, 0.3) is 0 Å². The van der Waals surface area contributed by atoms with Crippen molar-refractivity contribution in [1.82, 2.24) is 0 Å². The first kappa shape index (κ1) is 11.2. The van der Waals surface area contributed by atoms with Crippen molar-refractivity contribution in [2.75, 3.05) is 6.61 Å². The van der Waals surface area contributed by atoms with Crippen LogP contribution in [0, 0.1) is 0 Å². The lowest BCUT2D eigenvalue weighted by atomic mass is 10.2. The van der Waals surface area contributed by atoms with Gasteiger partial charge in [-0.05, 0) is 13.8 Å². The van der Waals surface area contributed by atoms with Gasteiger partial charge < -0.3 is 9.15 Å². The highest BCUT2D eigenvalue weighted by Gasteiger charge is 2.13. The standard InChI is InChI=1S/C10H10O5/c1-3-14-10(13)9-4-8(12)7(5-15-9)6(2)11/h4-5H,3H2,1-2H3. The summed E-state index contributed by atoms with van der Waals surface area (Å²) in [5.74, 6) is -1.32. The van der Waals surface area contributed by atoms with Gasteiger partial charge in [0.05, 0.1) is 12.2 Å². The van der Waals surface area contributed by atoms with Crippen molar-refractivity contribution < 1.29 is 18.7 Å². The summed E-state index contributed by atoms with van der Waals surface area (Å²) in [6.45, 7) is 3.08. The number of esters is 1. The molecule has 0 aromatic carbocycles. The van der Waals surface area contributed by atoms with E-state index in [0.29, 0.717) is 0 Å². The highest BCUT2D eigenvalue weighted by molar-refractivity contribution is 5.94. The minimum Gasteiger partial charge on any atom is -0.460 e. The van der Waals surface area contributed by atoms with Crippen LogP contribution in [0.4, 0.5) is 0 Å². The SMILES string of the molecule is CCOC(=O)c1cc(=O)c(C(C)=O)co1. The molecule has 0 atom stereocenters. The van der Waals surface area contributed by atoms with Crippen LogP contribution in [0.1, 0.15) is 34.8 Å². The van der Waals surface area contributed by atoms with Gasteiger partial charge in [-0.3, -0.25) is 9.59 Å². The third kappa shape index (κ3) is 2.52. The van der Waals surface area contributed by atoms with E-state index < -0.39 is 17.2 Å². The minimum absolute atomic E-state index is 0.0805. The van der Waals surface area contributed by atoms with Crippen molar-refractivity contribution in [3.63, 3.8) is 0 Å². The summed E-state index contributed by atoms with van der Waals surface area (Å²) in [5, 5.41) is 0. The Labute approximate surface area is 85.7 Å². The Morgan fingerprint density at radius 2 is 2.13 bits per heavy atom. The predicted molar refractivity (Wildman–Crippen MR) is 50.9 cm³/mol. The van der Waals surface area contributed by atoms with Crippen molar-refractivity contribution in [2.45, 2.75) is 13.8 Å². The fraction of sp³-hybridized carbons (Fsp3) is 0.300. The summed E-state index contributed by atoms with van der Waals surface area (Å²) in [7, 11) is 0. The molecule has 1 heterocycles. The molecule has 0 radical (unpaired) electrons. The van der Waals surface area contributed by atoms with E-state index in [1.54, 1.807) is 6.92 Å². The Kier molecular flexibility index (Phi) is 3.38. The largest absolute Gasteiger partial charge is 0.460 e. The molecule has 5 heteroatoms. The van der Waals surface area contributed by atoms with Crippen LogP contribution in [0.5, 0.6) is 0 Å². The van der Waals surface area contributed by atoms with E-state index in [0.717, 1.165) is 12.3 Å². The Morgan fingerprint density at radius 1 is 1.47 bits per heavy atom. The van der Waals surface area contributed by atoms with Crippen molar-refractivity contribution in [1.29, 1.82) is 0 Å². The fourth-order valence-electron chi connectivity index (χ4n) is 0.977. The number of hydrogen-bond donors (Lipinski definition) is 0. The lowest BCUT2D eigenvalue weighted by Crippen LogP contribution is -2.15. The topological polar surface area (TPSA) is 73.6 Å². The molecule has 0 aliphatic carbocycles. The minimum atomic E-state index is -0.718. The second-order valence-corrected chi connectivity index (χ2v) is 2.80. The summed E-state index contributed by atoms with van der Waals surface area (Å²) in [6.07, 6.45) is 0.969. The maximum absolute atomic E-state index is 11.3. The molecule has 0 bridgehead atoms. The monoisotopic (exact) mass is 210 g/mol. The molecule has 0 saturated heterocycles. The van der Waals surface area contributed by atoms with Gasteiger partial charge in [0.2, 0.25) is 5.76 Å². The molecule has 0 fully saturated rings. The molecule has 5 nitrogen and oxygen atoms in total. The highest BCUT2D eigenvalue weighted by atomic mass is 16.5. The molecule has 1 rings (SSSR count). The van der Waals surface area contributed by atoms with E-state index in [2.05, 4.69) is 4.74 Å². The summed E-state index contributed by atoms with van der Waals surface area (Å²) in [4.78, 5) is 33.3. The molecule has 0 saturated carbocycles. The molecule has 0 aliphatic heterocycles. The van der Waals surface area contributed by atoms with Gasteiger partial charge in [-0.15, -0.1) is 0 Å². The maximum Gasteiger partial charge on any atom is 0.374 e. The van der Waals surface area contributed by atoms with Gasteiger partial charge in [-0.2, -0.15) is 0 Å². The van der Waals surface area contributed by atoms with Gasteiger partial charge in [-0.1, -0.05) is 0 Å². The number of carbonyl (C=O) groups is 2. The molecular weight excluding hydrogens is 200 g/mol. The molecule has 0 unspecified atom stereocenters. The second kappa shape index (κ2) is 4.54. The molecule has 0 amide bonds. The molecule has 1 aromatic heterocycles. The van der Waals surface area contributed by atoms with Gasteiger partial charge in [0, 0.05) is 6.07 Å². The average Bonchev–Trinajstić information content (AvgIpc) is 2.17. The zero-order valence-corrected chi connectivity index (χ0v) is 8.40. The van der Waals surface area contributed by atoms with Crippen LogP contribution in [0.15, 0.2) is 21.5 Å². The third-order valence-corrected chi connectivity index (χ3v) is 1.69. The van der Waals surface area contributed by atoms with Crippen LogP contribution in [0.3, 0.4) is 0 Å². The van der Waals surface area contributed by atoms with Crippen LogP contribution >= 0.6 is 0 Å². The Hall–Kier alpha value is -1.91. The summed E-state index contributed by atoms with van der Waals surface area (Å²) in [5.41, 5.74) is -0.625. The van der Waals surface area contributed by atoms with Gasteiger partial charge in [0.1, 0.15) is 6.26 Å². The third-order valence-electron chi connectivity index (χ3n) is 1.69. The number of ether oxygens (including phenoxy) is 1. The van der Waals surface area contributed by atoms with E-state index in [1.807, 2.05) is 0 Å². The maximum atomic E-state index is 11.3. The first-order valence-electron chi connectivity index (χ1n) is 4.37. The normalized spacial score (nSPS) is 9.73. The fourth-order valence-corrected chi connectivity index (χ4v) is 0.977. The number of carbonyl (C=O) groups excluding carboxylic acids is 2. The Morgan fingerprint density at radius 3 is 2.60 bits per heavy atom. The first-order valence-corrected chi connectivity index (χ1v) is 4.37. The summed E-state index contributed by atoms with van der Waals surface area (Å²) < 4.78 is 9.45. The molecule has 1 aromatic rings. The van der Waals surface area contributed by atoms with E-state index in [-0.39, 0.29) is 17.9 Å². The predicted octanol–water partition coefficient (Wildman–Crippen LogP) is 1.02. The summed E-state index contributed by atoms with van der Waals surface area (Å²) >= 11 is 0. The van der Waals surface area contributed by atoms with Crippen LogP contribution in [0.25, 0.3) is 0 Å². The van der Waals surface area contributed by atoms with Crippen LogP contribution in [0.2, 0.25) is 0 Å². The highest BCUT2D eigenvalue weighted by Crippen LogP contribution is 2.01. The van der Waals surface area contributed by atoms with Gasteiger partial charge in [-0.25, -0.2) is 4.79 Å². The Bertz CT molecular complexity index is 443. The number of rotatable bonds is 3. The molecular formula is C10H10O5. The van der Waals surface area contributed by atoms with Crippen molar-refractivity contribution in [3.8, 4) is 0 Å². The number of Topliss-reactive ketones (excluding diaryl/α,β-unsaturated/α-hetero) is 1. The molecule has 0 N–H and O–H groups in total. The van der Waals surface area contributed by atoms with Crippen molar-refractivity contribution in [3.05, 3.63) is 33.9 Å². The Balaban J connectivity index is 3.07. The molecule has 15 heavy (non-hydrogen) atoms. The van der Waals surface area contributed by atoms with Gasteiger partial charge in [0.15, 0.2) is 11.2 Å². The second-order valence-electron chi connectivity index (χ2n) is 2.80. The lowest BCUT2D eigenvalue weighted by Gasteiger charge is -2.00. The first-order chi connectivity index (χ1) is 7.06. The number of ketones is 1. The van der Waals surface area contributed by atoms with E-state index >= 15 is 0 Å². The van der Waals surface area contributed by atoms with Crippen molar-refractivity contribution in [2.24, 2.45) is 0 Å². The van der Waals surface area contributed by atoms with E-state index in [9.17, 15) is 14.4 Å². The number of hydrogen-bond acceptors (Lipinski definition) is 5. The van der Waals surface area contributed by atoms with Crippen LogP contribution in [-0.2, 0) is 4.74 Å². The zero-order chi connectivity index (χ0) is 11.4. The quantitative estimate of drug-likeness (QED) is 0.550. The molecule has 0 aliphatic rings. The average molecular weight is 210 g/mol. The van der Waals surface area contributed by atoms with Crippen LogP contribution < -0.4 is 5.43 Å². The summed E-state index contributed by atoms with van der Waals surface area (Å²) in [6, 6.07) is 0.953. The lowest BCUT2D eigenvalue weighted by molar-refractivity contribution is 0.0486. The molecule has 0 spiro atoms. The van der Waals surface area contributed by atoms with Gasteiger partial charge >= 0.3 is 5.97 Å². The zero-order valence-electron chi connectivity index (χ0n) is 8.40. The van der Waals surface area contributed by atoms with Crippen LogP contribution in [-0.4, -0.2) is 18.4 Å². The molecule has 80 valence electrons. The van der Waals surface area contributed by atoms with E-state index in [4.69, 9.17) is 4.42 Å². The van der Waals surface area contributed by atoms with E-state index in [1.165, 1.54) is 6.92 Å².